The second kappa shape index (κ2) is 7.90. The molecule has 0 fully saturated rings. The summed E-state index contributed by atoms with van der Waals surface area (Å²) in [5.74, 6) is 0.173. The van der Waals surface area contributed by atoms with Crippen molar-refractivity contribution < 1.29 is 21.3 Å². The number of sulfone groups is 1. The average molecular weight is 420 g/mol. The second-order valence-corrected chi connectivity index (χ2v) is 10.4. The van der Waals surface area contributed by atoms with Gasteiger partial charge in [0.2, 0.25) is 10.0 Å². The number of rotatable bonds is 7. The number of benzene rings is 2. The standard InChI is InChI=1S/C20H21NO5S2/c1-15-5-9-17(10-6-15)27(22,23)20(19-4-3-13-26-19)14-21-28(24,25)18-11-7-16(2)8-12-18/h3-13,20-21H,14H2,1-2H3. The Bertz CT molecular complexity index is 1130. The van der Waals surface area contributed by atoms with Crippen LogP contribution in [-0.4, -0.2) is 23.4 Å². The van der Waals surface area contributed by atoms with E-state index >= 15 is 0 Å². The van der Waals surface area contributed by atoms with Crippen LogP contribution >= 0.6 is 0 Å². The first-order valence-corrected chi connectivity index (χ1v) is 11.6. The molecule has 1 atom stereocenters. The largest absolute Gasteiger partial charge is 0.468 e. The summed E-state index contributed by atoms with van der Waals surface area (Å²) in [6.45, 7) is 3.36. The van der Waals surface area contributed by atoms with Gasteiger partial charge in [0.05, 0.1) is 16.1 Å². The lowest BCUT2D eigenvalue weighted by molar-refractivity contribution is 0.486. The molecule has 0 aliphatic rings. The smallest absolute Gasteiger partial charge is 0.240 e. The lowest BCUT2D eigenvalue weighted by Crippen LogP contribution is -2.31. The maximum atomic E-state index is 13.1. The van der Waals surface area contributed by atoms with E-state index < -0.39 is 25.1 Å². The van der Waals surface area contributed by atoms with Crippen LogP contribution in [0.4, 0.5) is 0 Å². The van der Waals surface area contributed by atoms with Crippen molar-refractivity contribution in [2.75, 3.05) is 6.54 Å². The summed E-state index contributed by atoms with van der Waals surface area (Å²) < 4.78 is 59.2. The Morgan fingerprint density at radius 3 is 1.86 bits per heavy atom. The van der Waals surface area contributed by atoms with Gasteiger partial charge in [-0.25, -0.2) is 21.6 Å². The highest BCUT2D eigenvalue weighted by Crippen LogP contribution is 2.29. The van der Waals surface area contributed by atoms with Crippen LogP contribution in [0.25, 0.3) is 0 Å². The molecule has 1 unspecified atom stereocenters. The fourth-order valence-electron chi connectivity index (χ4n) is 2.72. The first kappa shape index (κ1) is 20.3. The summed E-state index contributed by atoms with van der Waals surface area (Å²) >= 11 is 0. The van der Waals surface area contributed by atoms with Crippen LogP contribution in [0.15, 0.2) is 81.1 Å². The van der Waals surface area contributed by atoms with Gasteiger partial charge in [-0.05, 0) is 50.2 Å². The molecule has 0 radical (unpaired) electrons. The van der Waals surface area contributed by atoms with E-state index in [9.17, 15) is 16.8 Å². The highest BCUT2D eigenvalue weighted by Gasteiger charge is 2.32. The highest BCUT2D eigenvalue weighted by molar-refractivity contribution is 7.92. The first-order chi connectivity index (χ1) is 13.2. The Hall–Kier alpha value is -2.42. The summed E-state index contributed by atoms with van der Waals surface area (Å²) in [5, 5.41) is -1.19. The van der Waals surface area contributed by atoms with E-state index in [4.69, 9.17) is 4.42 Å². The monoisotopic (exact) mass is 419 g/mol. The third-order valence-corrected chi connectivity index (χ3v) is 7.89. The molecule has 0 bridgehead atoms. The topological polar surface area (TPSA) is 93.4 Å². The Morgan fingerprint density at radius 1 is 0.821 bits per heavy atom. The zero-order valence-electron chi connectivity index (χ0n) is 15.5. The minimum atomic E-state index is -3.87. The van der Waals surface area contributed by atoms with E-state index in [-0.39, 0.29) is 22.1 Å². The van der Waals surface area contributed by atoms with Crippen molar-refractivity contribution in [3.63, 3.8) is 0 Å². The predicted octanol–water partition coefficient (Wildman–Crippen LogP) is 3.39. The molecule has 2 aromatic carbocycles. The third kappa shape index (κ3) is 4.35. The van der Waals surface area contributed by atoms with Gasteiger partial charge in [0, 0.05) is 6.54 Å². The fourth-order valence-corrected chi connectivity index (χ4v) is 5.46. The minimum absolute atomic E-state index is 0.0732. The summed E-state index contributed by atoms with van der Waals surface area (Å²) in [4.78, 5) is 0.179. The molecule has 1 N–H and O–H groups in total. The number of furan rings is 1. The van der Waals surface area contributed by atoms with Gasteiger partial charge in [0.15, 0.2) is 9.84 Å². The van der Waals surface area contributed by atoms with Crippen LogP contribution < -0.4 is 4.72 Å². The van der Waals surface area contributed by atoms with Gasteiger partial charge in [0.1, 0.15) is 11.0 Å². The van der Waals surface area contributed by atoms with Gasteiger partial charge < -0.3 is 4.42 Å². The van der Waals surface area contributed by atoms with Crippen LogP contribution in [0.5, 0.6) is 0 Å². The summed E-state index contributed by atoms with van der Waals surface area (Å²) in [5.41, 5.74) is 1.85. The molecule has 28 heavy (non-hydrogen) atoms. The Balaban J connectivity index is 1.91. The average Bonchev–Trinajstić information content (AvgIpc) is 3.16. The van der Waals surface area contributed by atoms with E-state index in [0.29, 0.717) is 0 Å². The van der Waals surface area contributed by atoms with Crippen LogP contribution in [0.3, 0.4) is 0 Å². The van der Waals surface area contributed by atoms with Crippen molar-refractivity contribution in [1.82, 2.24) is 4.72 Å². The van der Waals surface area contributed by atoms with Crippen LogP contribution in [0, 0.1) is 13.8 Å². The molecule has 1 heterocycles. The van der Waals surface area contributed by atoms with Crippen LogP contribution in [0.2, 0.25) is 0 Å². The molecular weight excluding hydrogens is 398 g/mol. The summed E-state index contributed by atoms with van der Waals surface area (Å²) in [7, 11) is -7.74. The lowest BCUT2D eigenvalue weighted by Gasteiger charge is -2.17. The zero-order valence-corrected chi connectivity index (χ0v) is 17.1. The molecule has 0 saturated carbocycles. The maximum absolute atomic E-state index is 13.1. The van der Waals surface area contributed by atoms with Crippen molar-refractivity contribution in [3.8, 4) is 0 Å². The van der Waals surface area contributed by atoms with Crippen molar-refractivity contribution in [2.24, 2.45) is 0 Å². The van der Waals surface area contributed by atoms with E-state index in [1.807, 2.05) is 13.8 Å². The number of hydrogen-bond donors (Lipinski definition) is 1. The predicted molar refractivity (Wildman–Crippen MR) is 106 cm³/mol. The molecule has 0 aliphatic heterocycles. The molecule has 0 saturated heterocycles. The maximum Gasteiger partial charge on any atom is 0.240 e. The van der Waals surface area contributed by atoms with E-state index in [1.165, 1.54) is 36.6 Å². The van der Waals surface area contributed by atoms with Gasteiger partial charge in [-0.3, -0.25) is 0 Å². The van der Waals surface area contributed by atoms with Crippen molar-refractivity contribution >= 4 is 19.9 Å². The lowest BCUT2D eigenvalue weighted by atomic mass is 10.2. The number of aryl methyl sites for hydroxylation is 2. The van der Waals surface area contributed by atoms with Gasteiger partial charge in [-0.1, -0.05) is 35.4 Å². The molecule has 3 rings (SSSR count). The Kier molecular flexibility index (Phi) is 5.74. The van der Waals surface area contributed by atoms with E-state index in [1.54, 1.807) is 30.3 Å². The third-order valence-electron chi connectivity index (χ3n) is 4.37. The van der Waals surface area contributed by atoms with Gasteiger partial charge >= 0.3 is 0 Å². The zero-order chi connectivity index (χ0) is 20.4. The van der Waals surface area contributed by atoms with Crippen LogP contribution in [-0.2, 0) is 19.9 Å². The molecule has 0 amide bonds. The van der Waals surface area contributed by atoms with Gasteiger partial charge in [-0.15, -0.1) is 0 Å². The second-order valence-electron chi connectivity index (χ2n) is 6.53. The molecule has 6 nitrogen and oxygen atoms in total. The van der Waals surface area contributed by atoms with Crippen molar-refractivity contribution in [2.45, 2.75) is 28.9 Å². The molecular formula is C20H21NO5S2. The van der Waals surface area contributed by atoms with Gasteiger partial charge in [0.25, 0.3) is 0 Å². The Labute approximate surface area is 165 Å². The normalized spacial score (nSPS) is 13.4. The van der Waals surface area contributed by atoms with Crippen molar-refractivity contribution in [3.05, 3.63) is 83.8 Å². The summed E-state index contributed by atoms with van der Waals surface area (Å²) in [6, 6.07) is 15.8. The number of hydrogen-bond acceptors (Lipinski definition) is 5. The fraction of sp³-hybridized carbons (Fsp3) is 0.200. The molecule has 8 heteroatoms. The molecule has 3 aromatic rings. The SMILES string of the molecule is Cc1ccc(S(=O)(=O)NCC(c2ccco2)S(=O)(=O)c2ccc(C)cc2)cc1. The molecule has 0 spiro atoms. The summed E-state index contributed by atoms with van der Waals surface area (Å²) in [6.07, 6.45) is 1.36. The minimum Gasteiger partial charge on any atom is -0.468 e. The van der Waals surface area contributed by atoms with Crippen LogP contribution in [0.1, 0.15) is 22.1 Å². The number of nitrogens with one attached hydrogen (secondary N) is 1. The number of sulfonamides is 1. The highest BCUT2D eigenvalue weighted by atomic mass is 32.2. The van der Waals surface area contributed by atoms with Crippen molar-refractivity contribution in [1.29, 1.82) is 0 Å². The quantitative estimate of drug-likeness (QED) is 0.634. The molecule has 148 valence electrons. The molecule has 1 aromatic heterocycles. The van der Waals surface area contributed by atoms with E-state index in [2.05, 4.69) is 4.72 Å². The molecule has 0 aliphatic carbocycles. The van der Waals surface area contributed by atoms with E-state index in [0.717, 1.165) is 11.1 Å². The first-order valence-electron chi connectivity index (χ1n) is 8.60. The Morgan fingerprint density at radius 2 is 1.36 bits per heavy atom. The van der Waals surface area contributed by atoms with Gasteiger partial charge in [-0.2, -0.15) is 0 Å².